The van der Waals surface area contributed by atoms with Crippen LogP contribution in [0.1, 0.15) is 68.4 Å². The maximum absolute atomic E-state index is 15.2. The molecule has 52 heavy (non-hydrogen) atoms. The maximum atomic E-state index is 15.2. The van der Waals surface area contributed by atoms with E-state index in [0.717, 1.165) is 78.2 Å². The lowest BCUT2D eigenvalue weighted by Crippen LogP contribution is -2.52. The van der Waals surface area contributed by atoms with Gasteiger partial charge >= 0.3 is 6.09 Å². The number of anilines is 1. The number of carbonyl (C=O) groups excluding carboxylic acids is 2. The van der Waals surface area contributed by atoms with Crippen molar-refractivity contribution in [2.24, 2.45) is 7.05 Å². The minimum Gasteiger partial charge on any atom is -0.465 e. The first kappa shape index (κ1) is 35.5. The third-order valence-corrected chi connectivity index (χ3v) is 11.1. The summed E-state index contributed by atoms with van der Waals surface area (Å²) in [5, 5.41) is 9.86. The minimum absolute atomic E-state index is 0.0508. The molecule has 4 heterocycles. The number of rotatable bonds is 9. The summed E-state index contributed by atoms with van der Waals surface area (Å²) < 4.78 is 7.66. The number of benzene rings is 3. The Labute approximate surface area is 306 Å². The second kappa shape index (κ2) is 15.4. The van der Waals surface area contributed by atoms with Crippen LogP contribution >= 0.6 is 0 Å². The van der Waals surface area contributed by atoms with E-state index in [1.807, 2.05) is 76.9 Å². The molecule has 3 aromatic carbocycles. The Hall–Kier alpha value is -4.93. The van der Waals surface area contributed by atoms with Gasteiger partial charge in [-0.25, -0.2) is 4.79 Å². The number of aromatic nitrogens is 1. The number of hydrogen-bond donors (Lipinski definition) is 1. The summed E-state index contributed by atoms with van der Waals surface area (Å²) in [6.07, 6.45) is 2.17. The van der Waals surface area contributed by atoms with Crippen LogP contribution in [-0.2, 0) is 37.7 Å². The highest BCUT2D eigenvalue weighted by atomic mass is 16.5. The summed E-state index contributed by atoms with van der Waals surface area (Å²) in [7, 11) is 1.96. The van der Waals surface area contributed by atoms with E-state index in [2.05, 4.69) is 36.1 Å². The molecule has 1 saturated heterocycles. The molecule has 3 aliphatic rings. The lowest BCUT2D eigenvalue weighted by atomic mass is 9.89. The number of amides is 3. The van der Waals surface area contributed by atoms with Gasteiger partial charge in [0.25, 0.3) is 11.8 Å². The number of fused-ring (bicyclic) bond motifs is 2. The number of para-hydroxylation sites is 1. The lowest BCUT2D eigenvalue weighted by molar-refractivity contribution is 0.0193. The summed E-state index contributed by atoms with van der Waals surface area (Å²) in [5.41, 5.74) is 8.64. The molecule has 0 spiro atoms. The van der Waals surface area contributed by atoms with E-state index >= 15 is 4.79 Å². The van der Waals surface area contributed by atoms with Crippen molar-refractivity contribution in [3.63, 3.8) is 0 Å². The molecule has 3 aliphatic heterocycles. The number of nitrogens with zero attached hydrogens (tertiary/aromatic N) is 5. The largest absolute Gasteiger partial charge is 0.465 e. The van der Waals surface area contributed by atoms with E-state index in [4.69, 9.17) is 4.74 Å². The lowest BCUT2D eigenvalue weighted by Gasteiger charge is -2.41. The third kappa shape index (κ3) is 7.10. The second-order valence-electron chi connectivity index (χ2n) is 14.3. The van der Waals surface area contributed by atoms with Gasteiger partial charge in [0.05, 0.1) is 18.8 Å². The summed E-state index contributed by atoms with van der Waals surface area (Å²) in [6.45, 7) is 9.55. The first-order valence-electron chi connectivity index (χ1n) is 18.6. The monoisotopic (exact) mass is 703 g/mol. The molecule has 1 fully saturated rings. The Morgan fingerprint density at radius 2 is 1.60 bits per heavy atom. The number of ether oxygens (including phenoxy) is 1. The molecule has 0 bridgehead atoms. The smallest absolute Gasteiger partial charge is 0.407 e. The first-order chi connectivity index (χ1) is 25.2. The number of unbranched alkanes of at least 4 members (excludes halogenated alkanes) is 1. The number of carboxylic acid groups (broad SMARTS) is 1. The number of hydrogen-bond acceptors (Lipinski definition) is 5. The van der Waals surface area contributed by atoms with E-state index in [0.29, 0.717) is 50.4 Å². The second-order valence-corrected chi connectivity index (χ2v) is 14.3. The molecule has 0 unspecified atom stereocenters. The Balaban J connectivity index is 1.32. The van der Waals surface area contributed by atoms with Gasteiger partial charge in [0, 0.05) is 87.1 Å². The van der Waals surface area contributed by atoms with Gasteiger partial charge in [0.1, 0.15) is 0 Å². The van der Waals surface area contributed by atoms with E-state index in [-0.39, 0.29) is 24.4 Å². The third-order valence-electron chi connectivity index (χ3n) is 11.1. The van der Waals surface area contributed by atoms with Gasteiger partial charge in [-0.1, -0.05) is 55.8 Å². The number of carbonyl (C=O) groups is 3. The van der Waals surface area contributed by atoms with Gasteiger partial charge in [-0.15, -0.1) is 0 Å². The van der Waals surface area contributed by atoms with Crippen molar-refractivity contribution < 1.29 is 24.2 Å². The van der Waals surface area contributed by atoms with Gasteiger partial charge in [-0.2, -0.15) is 0 Å². The average Bonchev–Trinajstić information content (AvgIpc) is 3.47. The Bertz CT molecular complexity index is 1950. The van der Waals surface area contributed by atoms with Crippen molar-refractivity contribution in [3.05, 3.63) is 112 Å². The zero-order valence-corrected chi connectivity index (χ0v) is 30.5. The predicted octanol–water partition coefficient (Wildman–Crippen LogP) is 6.38. The fraction of sp³-hybridized carbons (Fsp3) is 0.405. The van der Waals surface area contributed by atoms with Crippen molar-refractivity contribution in [1.82, 2.24) is 19.3 Å². The van der Waals surface area contributed by atoms with E-state index < -0.39 is 6.09 Å². The van der Waals surface area contributed by atoms with Crippen LogP contribution in [0.5, 0.6) is 0 Å². The Morgan fingerprint density at radius 3 is 2.33 bits per heavy atom. The predicted molar refractivity (Wildman–Crippen MR) is 202 cm³/mol. The fourth-order valence-corrected chi connectivity index (χ4v) is 7.98. The summed E-state index contributed by atoms with van der Waals surface area (Å²) >= 11 is 0. The van der Waals surface area contributed by atoms with E-state index in [9.17, 15) is 14.7 Å². The van der Waals surface area contributed by atoms with Gasteiger partial charge < -0.3 is 29.1 Å². The molecule has 1 aromatic heterocycles. The minimum atomic E-state index is -0.965. The van der Waals surface area contributed by atoms with Gasteiger partial charge in [-0.05, 0) is 78.8 Å². The Kier molecular flexibility index (Phi) is 10.5. The van der Waals surface area contributed by atoms with Crippen molar-refractivity contribution in [3.8, 4) is 11.3 Å². The van der Waals surface area contributed by atoms with Crippen LogP contribution in [0, 0.1) is 6.92 Å². The zero-order chi connectivity index (χ0) is 36.4. The standard InChI is InChI=1S/C42H49N5O5/c1-4-5-16-46(34-13-7-6-8-14-34)40(48)36-25-39(43(3)29(36)2)37-23-31-15-17-45(42(50)51)26-33(31)24-38(37)41(49)47-27-32-12-10-9-11-30(32)22-35(47)28-44-18-20-52-21-19-44/h6-14,23-25,35H,4-5,15-22,26-28H2,1-3H3,(H,50,51)/t35-/m0/s1. The normalized spacial score (nSPS) is 17.4. The molecule has 10 heteroatoms. The van der Waals surface area contributed by atoms with Crippen LogP contribution in [0.3, 0.4) is 0 Å². The van der Waals surface area contributed by atoms with Crippen LogP contribution in [0.15, 0.2) is 72.8 Å². The van der Waals surface area contributed by atoms with E-state index in [1.54, 1.807) is 0 Å². The molecule has 7 rings (SSSR count). The molecule has 10 nitrogen and oxygen atoms in total. The summed E-state index contributed by atoms with van der Waals surface area (Å²) in [6, 6.07) is 24.1. The van der Waals surface area contributed by atoms with Crippen molar-refractivity contribution in [2.45, 2.75) is 58.7 Å². The molecule has 4 aromatic rings. The van der Waals surface area contributed by atoms with Crippen LogP contribution in [0.25, 0.3) is 11.3 Å². The van der Waals surface area contributed by atoms with Crippen LogP contribution < -0.4 is 4.90 Å². The molecule has 1 atom stereocenters. The average molecular weight is 704 g/mol. The SMILES string of the molecule is CCCCN(C(=O)c1cc(-c2cc3c(cc2C(=O)N2Cc4ccccc4C[C@H]2CN2CCOCC2)CN(C(=O)O)CC3)n(C)c1C)c1ccccc1. The van der Waals surface area contributed by atoms with Gasteiger partial charge in [0.2, 0.25) is 0 Å². The molecule has 0 saturated carbocycles. The quantitative estimate of drug-likeness (QED) is 0.217. The molecular weight excluding hydrogens is 654 g/mol. The maximum Gasteiger partial charge on any atom is 0.407 e. The molecule has 1 N–H and O–H groups in total. The molecule has 272 valence electrons. The zero-order valence-electron chi connectivity index (χ0n) is 30.5. The van der Waals surface area contributed by atoms with Crippen LogP contribution in [0.4, 0.5) is 10.5 Å². The Morgan fingerprint density at radius 1 is 0.865 bits per heavy atom. The van der Waals surface area contributed by atoms with Crippen molar-refractivity contribution in [1.29, 1.82) is 0 Å². The highest BCUT2D eigenvalue weighted by Crippen LogP contribution is 2.36. The highest BCUT2D eigenvalue weighted by molar-refractivity contribution is 6.08. The molecule has 0 radical (unpaired) electrons. The summed E-state index contributed by atoms with van der Waals surface area (Å²) in [4.78, 5) is 49.3. The molecular formula is C42H49N5O5. The van der Waals surface area contributed by atoms with Crippen molar-refractivity contribution >= 4 is 23.6 Å². The summed E-state index contributed by atoms with van der Waals surface area (Å²) in [5.74, 6) is -0.154. The van der Waals surface area contributed by atoms with Gasteiger partial charge in [0.15, 0.2) is 0 Å². The fourth-order valence-electron chi connectivity index (χ4n) is 7.98. The van der Waals surface area contributed by atoms with Crippen LogP contribution in [-0.4, -0.2) is 94.3 Å². The van der Waals surface area contributed by atoms with Crippen molar-refractivity contribution in [2.75, 3.05) is 50.8 Å². The highest BCUT2D eigenvalue weighted by Gasteiger charge is 2.35. The molecule has 0 aliphatic carbocycles. The first-order valence-corrected chi connectivity index (χ1v) is 18.6. The van der Waals surface area contributed by atoms with Crippen LogP contribution in [0.2, 0.25) is 0 Å². The van der Waals surface area contributed by atoms with E-state index in [1.165, 1.54) is 10.5 Å². The topological polar surface area (TPSA) is 98.6 Å². The number of morpholine rings is 1. The molecule has 3 amide bonds. The van der Waals surface area contributed by atoms with Gasteiger partial charge in [-0.3, -0.25) is 14.5 Å².